The number of aromatic nitrogens is 2. The minimum atomic E-state index is -2.75. The Bertz CT molecular complexity index is 1590. The van der Waals surface area contributed by atoms with Gasteiger partial charge in [0.2, 0.25) is 11.5 Å². The zero-order valence-electron chi connectivity index (χ0n) is 27.6. The molecule has 0 radical (unpaired) electrons. The Balaban J connectivity index is 1.98. The first kappa shape index (κ1) is 10.7. The lowest BCUT2D eigenvalue weighted by atomic mass is 10.0. The molecular weight excluding hydrogens is 376 g/mol. The second-order valence-electron chi connectivity index (χ2n) is 6.67. The zero-order valence-corrected chi connectivity index (χ0v) is 16.6. The van der Waals surface area contributed by atoms with E-state index >= 15 is 0 Å². The largest absolute Gasteiger partial charge is 0.502 e. The van der Waals surface area contributed by atoms with E-state index in [0.29, 0.717) is 13.0 Å². The highest BCUT2D eigenvalue weighted by Gasteiger charge is 2.26. The highest BCUT2D eigenvalue weighted by atomic mass is 16.5. The van der Waals surface area contributed by atoms with Crippen molar-refractivity contribution in [3.8, 4) is 28.6 Å². The zero-order chi connectivity index (χ0) is 30.8. The molecule has 1 atom stereocenters. The molecule has 0 fully saturated rings. The lowest BCUT2D eigenvalue weighted by Gasteiger charge is -2.13. The average molecular weight is 414 g/mol. The van der Waals surface area contributed by atoms with Crippen LogP contribution in [-0.2, 0) is 6.37 Å². The fraction of sp³-hybridized carbons (Fsp3) is 0.375. The Morgan fingerprint density at radius 3 is 3.07 bits per heavy atom. The number of hydrogen-bond donors (Lipinski definition) is 1. The van der Waals surface area contributed by atoms with Gasteiger partial charge in [-0.3, -0.25) is 0 Å². The van der Waals surface area contributed by atoms with Crippen LogP contribution in [0.5, 0.6) is 5.75 Å². The van der Waals surface area contributed by atoms with Crippen molar-refractivity contribution in [1.29, 1.82) is 0 Å². The first-order valence-corrected chi connectivity index (χ1v) is 9.34. The second-order valence-corrected chi connectivity index (χ2v) is 6.67. The van der Waals surface area contributed by atoms with Gasteiger partial charge in [-0.15, -0.1) is 0 Å². The normalized spacial score (nSPS) is 24.2. The van der Waals surface area contributed by atoms with Crippen LogP contribution in [0.2, 0.25) is 0 Å². The molecule has 1 aliphatic carbocycles. The maximum Gasteiger partial charge on any atom is 0.256 e. The van der Waals surface area contributed by atoms with Crippen LogP contribution >= 0.6 is 0 Å². The van der Waals surface area contributed by atoms with Gasteiger partial charge in [-0.25, -0.2) is 4.85 Å². The first-order valence-electron chi connectivity index (χ1n) is 14.8. The summed E-state index contributed by atoms with van der Waals surface area (Å²) in [7, 11) is 0. The molecule has 0 amide bonds. The van der Waals surface area contributed by atoms with Crippen LogP contribution in [-0.4, -0.2) is 22.8 Å². The van der Waals surface area contributed by atoms with Gasteiger partial charge in [-0.1, -0.05) is 30.2 Å². The van der Waals surface area contributed by atoms with E-state index in [1.165, 1.54) is 13.8 Å². The third-order valence-corrected chi connectivity index (χ3v) is 4.17. The smallest absolute Gasteiger partial charge is 0.256 e. The number of nitrogens with one attached hydrogen (secondary N) is 1. The van der Waals surface area contributed by atoms with Crippen LogP contribution in [0.1, 0.15) is 65.8 Å². The molecule has 4 rings (SSSR count). The third kappa shape index (κ3) is 3.94. The van der Waals surface area contributed by atoms with E-state index in [9.17, 15) is 0 Å². The van der Waals surface area contributed by atoms with Gasteiger partial charge >= 0.3 is 0 Å². The van der Waals surface area contributed by atoms with Gasteiger partial charge < -0.3 is 14.6 Å². The number of benzene rings is 2. The van der Waals surface area contributed by atoms with Crippen LogP contribution in [0.15, 0.2) is 40.8 Å². The monoisotopic (exact) mass is 413 g/mol. The molecular formula is C24H26N4O2. The van der Waals surface area contributed by atoms with Gasteiger partial charge in [-0.05, 0) is 68.8 Å². The Morgan fingerprint density at radius 1 is 1.43 bits per heavy atom. The molecule has 0 spiro atoms. The molecule has 1 aromatic heterocycles. The highest BCUT2D eigenvalue weighted by Crippen LogP contribution is 2.38. The Labute approximate surface area is 192 Å². The Kier molecular flexibility index (Phi) is 3.11. The first-order chi connectivity index (χ1) is 18.9. The Hall–Kier alpha value is -3.17. The summed E-state index contributed by atoms with van der Waals surface area (Å²) in [6.07, 6.45) is -6.33. The summed E-state index contributed by atoms with van der Waals surface area (Å²) in [5, 5.41) is 6.71. The second kappa shape index (κ2) is 8.68. The van der Waals surface area contributed by atoms with E-state index in [0.717, 1.165) is 0 Å². The molecule has 6 heteroatoms. The topological polar surface area (TPSA) is 64.5 Å². The highest BCUT2D eigenvalue weighted by molar-refractivity contribution is 5.70. The summed E-state index contributed by atoms with van der Waals surface area (Å²) in [4.78, 5) is 7.39. The van der Waals surface area contributed by atoms with E-state index in [2.05, 4.69) is 20.3 Å². The quantitative estimate of drug-likeness (QED) is 0.501. The van der Waals surface area contributed by atoms with Crippen LogP contribution in [0.3, 0.4) is 0 Å². The minimum absolute atomic E-state index is 0.138. The van der Waals surface area contributed by atoms with Crippen LogP contribution in [0, 0.1) is 6.57 Å². The third-order valence-electron chi connectivity index (χ3n) is 4.17. The summed E-state index contributed by atoms with van der Waals surface area (Å²) in [6, 6.07) is -4.88. The van der Waals surface area contributed by atoms with E-state index in [4.69, 9.17) is 30.9 Å². The number of fused-ring (bicyclic) bond motifs is 1. The number of ether oxygens (including phenoxy) is 1. The van der Waals surface area contributed by atoms with Crippen molar-refractivity contribution >= 4 is 5.69 Å². The molecule has 0 saturated heterocycles. The van der Waals surface area contributed by atoms with Crippen LogP contribution < -0.4 is 10.1 Å². The number of rotatable bonds is 7. The lowest BCUT2D eigenvalue weighted by Crippen LogP contribution is -2.19. The molecule has 154 valence electrons. The van der Waals surface area contributed by atoms with Gasteiger partial charge in [0.1, 0.15) is 5.75 Å². The predicted octanol–water partition coefficient (Wildman–Crippen LogP) is 5.73. The summed E-state index contributed by atoms with van der Waals surface area (Å²) in [6.45, 7) is 12.3. The van der Waals surface area contributed by atoms with Gasteiger partial charge in [0, 0.05) is 24.0 Å². The summed E-state index contributed by atoms with van der Waals surface area (Å²) >= 11 is 0. The average Bonchev–Trinajstić information content (AvgIpc) is 3.40. The van der Waals surface area contributed by atoms with Gasteiger partial charge in [0.25, 0.3) is 5.89 Å². The van der Waals surface area contributed by atoms with Crippen LogP contribution in [0.4, 0.5) is 5.69 Å². The molecule has 3 aromatic rings. The van der Waals surface area contributed by atoms with E-state index < -0.39 is 89.8 Å². The summed E-state index contributed by atoms with van der Waals surface area (Å²) in [5.41, 5.74) is -1.78. The van der Waals surface area contributed by atoms with E-state index in [1.807, 2.05) is 6.92 Å². The Morgan fingerprint density at radius 2 is 2.30 bits per heavy atom. The predicted molar refractivity (Wildman–Crippen MR) is 117 cm³/mol. The molecule has 0 bridgehead atoms. The number of nitrogens with zero attached hydrogens (tertiary/aromatic N) is 3. The number of hydrogen-bond acceptors (Lipinski definition) is 5. The van der Waals surface area contributed by atoms with Crippen molar-refractivity contribution in [3.05, 3.63) is 58.8 Å². The van der Waals surface area contributed by atoms with Crippen LogP contribution in [0.25, 0.3) is 27.7 Å². The summed E-state index contributed by atoms with van der Waals surface area (Å²) in [5.74, 6) is -1.40. The fourth-order valence-corrected chi connectivity index (χ4v) is 2.87. The van der Waals surface area contributed by atoms with Crippen molar-refractivity contribution in [1.82, 2.24) is 15.5 Å². The molecule has 0 aliphatic heterocycles. The summed E-state index contributed by atoms with van der Waals surface area (Å²) < 4.78 is 104. The van der Waals surface area contributed by atoms with Gasteiger partial charge in [-0.2, -0.15) is 4.98 Å². The SMILES string of the molecule is [2H]c1c([2H])c(-c2noc(-c3c([2H])c([2H])c(OC([2H])(C)C)c([N+]#[C-])c3[2H])n2)c2c(c1[2H])[C@@H](NCCC)C([2H])([2H])C2([2H])[2H]. The van der Waals surface area contributed by atoms with Gasteiger partial charge in [0.05, 0.1) is 20.9 Å². The molecule has 2 aromatic carbocycles. The maximum atomic E-state index is 8.70. The van der Waals surface area contributed by atoms with E-state index in [-0.39, 0.29) is 16.7 Å². The van der Waals surface area contributed by atoms with Crippen molar-refractivity contribution in [2.24, 2.45) is 0 Å². The fourth-order valence-electron chi connectivity index (χ4n) is 2.87. The van der Waals surface area contributed by atoms with Crippen molar-refractivity contribution in [3.63, 3.8) is 0 Å². The molecule has 0 saturated carbocycles. The molecule has 6 nitrogen and oxygen atoms in total. The van der Waals surface area contributed by atoms with E-state index in [1.54, 1.807) is 0 Å². The van der Waals surface area contributed by atoms with Crippen molar-refractivity contribution in [2.45, 2.75) is 52.1 Å². The molecule has 1 aliphatic rings. The van der Waals surface area contributed by atoms with Crippen molar-refractivity contribution < 1.29 is 24.3 Å². The van der Waals surface area contributed by atoms with Crippen molar-refractivity contribution in [2.75, 3.05) is 6.54 Å². The molecule has 0 unspecified atom stereocenters. The van der Waals surface area contributed by atoms with Gasteiger partial charge in [0.15, 0.2) is 0 Å². The molecule has 1 N–H and O–H groups in total. The molecule has 1 heterocycles. The maximum absolute atomic E-state index is 8.70. The lowest BCUT2D eigenvalue weighted by molar-refractivity contribution is 0.244. The molecule has 30 heavy (non-hydrogen) atoms. The minimum Gasteiger partial charge on any atom is -0.502 e. The standard InChI is InChI=1S/C24H26N4O2/c1-5-13-26-20-11-10-17-18(20)7-6-8-19(17)23-27-24(30-28-23)16-9-12-22(29-15(2)3)21(14-16)25-4/h6-9,12,14-15,20,26H,5,10-11,13H2,1-3H3/t20-/m0/s1/i6D,7D,8D,9D,10D2,11D2,12D,14D,15D.